The molecule has 0 spiro atoms. The van der Waals surface area contributed by atoms with E-state index in [2.05, 4.69) is 0 Å². The molecule has 2 rings (SSSR count). The van der Waals surface area contributed by atoms with Crippen LogP contribution in [0, 0.1) is 5.82 Å². The average Bonchev–Trinajstić information content (AvgIpc) is 2.38. The average molecular weight is 267 g/mol. The Kier molecular flexibility index (Phi) is 3.97. The highest BCUT2D eigenvalue weighted by atomic mass is 35.5. The Labute approximate surface area is 109 Å². The van der Waals surface area contributed by atoms with Gasteiger partial charge in [-0.3, -0.25) is 0 Å². The van der Waals surface area contributed by atoms with Crippen LogP contribution in [0.5, 0.6) is 0 Å². The summed E-state index contributed by atoms with van der Waals surface area (Å²) in [6, 6.07) is 10.7. The van der Waals surface area contributed by atoms with Gasteiger partial charge in [0.2, 0.25) is 0 Å². The first-order valence-corrected chi connectivity index (χ1v) is 5.83. The molecule has 2 N–H and O–H groups in total. The number of benzene rings is 2. The maximum atomic E-state index is 13.2. The van der Waals surface area contributed by atoms with Gasteiger partial charge < -0.3 is 10.2 Å². The first kappa shape index (κ1) is 13.0. The van der Waals surface area contributed by atoms with Gasteiger partial charge in [-0.15, -0.1) is 0 Å². The second kappa shape index (κ2) is 5.48. The highest BCUT2D eigenvalue weighted by Crippen LogP contribution is 2.30. The topological polar surface area (TPSA) is 40.5 Å². The summed E-state index contributed by atoms with van der Waals surface area (Å²) >= 11 is 5.99. The van der Waals surface area contributed by atoms with Crippen LogP contribution in [0.3, 0.4) is 0 Å². The molecule has 0 heterocycles. The van der Waals surface area contributed by atoms with Crippen LogP contribution < -0.4 is 0 Å². The molecule has 2 aromatic rings. The number of aliphatic hydroxyl groups excluding tert-OH is 2. The quantitative estimate of drug-likeness (QED) is 0.896. The van der Waals surface area contributed by atoms with Crippen LogP contribution >= 0.6 is 11.6 Å². The maximum Gasteiger partial charge on any atom is 0.123 e. The summed E-state index contributed by atoms with van der Waals surface area (Å²) in [5.74, 6) is -0.465. The van der Waals surface area contributed by atoms with Crippen molar-refractivity contribution in [3.63, 3.8) is 0 Å². The van der Waals surface area contributed by atoms with Crippen molar-refractivity contribution >= 4 is 11.6 Å². The van der Waals surface area contributed by atoms with E-state index in [0.717, 1.165) is 0 Å². The van der Waals surface area contributed by atoms with Crippen molar-refractivity contribution in [2.75, 3.05) is 0 Å². The molecule has 0 saturated carbocycles. The molecule has 0 amide bonds. The minimum atomic E-state index is -1.06. The monoisotopic (exact) mass is 266 g/mol. The Morgan fingerprint density at radius 3 is 2.50 bits per heavy atom. The standard InChI is InChI=1S/C14H12ClFO2/c15-13-4-2-1-3-11(13)14(18)12-7-10(16)6-5-9(12)8-17/h1-7,14,17-18H,8H2. The molecule has 0 bridgehead atoms. The van der Waals surface area contributed by atoms with Gasteiger partial charge in [0.1, 0.15) is 11.9 Å². The number of halogens is 2. The van der Waals surface area contributed by atoms with Crippen LogP contribution in [0.15, 0.2) is 42.5 Å². The third-order valence-corrected chi connectivity index (χ3v) is 3.12. The summed E-state index contributed by atoms with van der Waals surface area (Å²) in [6.45, 7) is -0.267. The third-order valence-electron chi connectivity index (χ3n) is 2.77. The molecular formula is C14H12ClFO2. The molecule has 0 saturated heterocycles. The van der Waals surface area contributed by atoms with Gasteiger partial charge in [-0.05, 0) is 29.3 Å². The van der Waals surface area contributed by atoms with E-state index in [-0.39, 0.29) is 6.61 Å². The Morgan fingerprint density at radius 1 is 1.11 bits per heavy atom. The Hall–Kier alpha value is -1.42. The zero-order valence-electron chi connectivity index (χ0n) is 9.48. The first-order valence-electron chi connectivity index (χ1n) is 5.45. The van der Waals surface area contributed by atoms with Crippen LogP contribution in [0.4, 0.5) is 4.39 Å². The lowest BCUT2D eigenvalue weighted by Gasteiger charge is -2.16. The van der Waals surface area contributed by atoms with Crippen LogP contribution in [0.2, 0.25) is 5.02 Å². The van der Waals surface area contributed by atoms with Crippen molar-refractivity contribution in [1.29, 1.82) is 0 Å². The number of hydrogen-bond acceptors (Lipinski definition) is 2. The normalized spacial score (nSPS) is 12.4. The SMILES string of the molecule is OCc1ccc(F)cc1C(O)c1ccccc1Cl. The van der Waals surface area contributed by atoms with Gasteiger partial charge in [-0.2, -0.15) is 0 Å². The highest BCUT2D eigenvalue weighted by molar-refractivity contribution is 6.31. The fraction of sp³-hybridized carbons (Fsp3) is 0.143. The van der Waals surface area contributed by atoms with Gasteiger partial charge >= 0.3 is 0 Å². The van der Waals surface area contributed by atoms with E-state index in [1.807, 2.05) is 0 Å². The summed E-state index contributed by atoms with van der Waals surface area (Å²) < 4.78 is 13.2. The molecule has 0 aromatic heterocycles. The highest BCUT2D eigenvalue weighted by Gasteiger charge is 2.17. The Morgan fingerprint density at radius 2 is 1.83 bits per heavy atom. The van der Waals surface area contributed by atoms with E-state index >= 15 is 0 Å². The van der Waals surface area contributed by atoms with Crippen molar-refractivity contribution in [3.8, 4) is 0 Å². The number of rotatable bonds is 3. The number of hydrogen-bond donors (Lipinski definition) is 2. The molecule has 94 valence electrons. The van der Waals surface area contributed by atoms with E-state index in [1.165, 1.54) is 18.2 Å². The van der Waals surface area contributed by atoms with E-state index in [1.54, 1.807) is 24.3 Å². The first-order chi connectivity index (χ1) is 8.63. The molecule has 0 aliphatic carbocycles. The predicted molar refractivity (Wildman–Crippen MR) is 67.8 cm³/mol. The van der Waals surface area contributed by atoms with E-state index in [4.69, 9.17) is 11.6 Å². The summed E-state index contributed by atoms with van der Waals surface area (Å²) in [5, 5.41) is 19.9. The van der Waals surface area contributed by atoms with Gasteiger partial charge in [-0.1, -0.05) is 35.9 Å². The van der Waals surface area contributed by atoms with E-state index in [9.17, 15) is 14.6 Å². The summed E-state index contributed by atoms with van der Waals surface area (Å²) in [5.41, 5.74) is 1.29. The van der Waals surface area contributed by atoms with Crippen molar-refractivity contribution in [2.24, 2.45) is 0 Å². The second-order valence-corrected chi connectivity index (χ2v) is 4.33. The van der Waals surface area contributed by atoms with Crippen molar-refractivity contribution in [1.82, 2.24) is 0 Å². The molecule has 0 aliphatic heterocycles. The molecule has 0 fully saturated rings. The fourth-order valence-corrected chi connectivity index (χ4v) is 2.07. The molecule has 4 heteroatoms. The summed E-state index contributed by atoms with van der Waals surface area (Å²) in [7, 11) is 0. The lowest BCUT2D eigenvalue weighted by atomic mass is 9.97. The van der Waals surface area contributed by atoms with Gasteiger partial charge in [0.25, 0.3) is 0 Å². The van der Waals surface area contributed by atoms with Crippen molar-refractivity contribution in [3.05, 3.63) is 70.0 Å². The zero-order chi connectivity index (χ0) is 13.1. The van der Waals surface area contributed by atoms with Crippen LogP contribution in [0.25, 0.3) is 0 Å². The van der Waals surface area contributed by atoms with Crippen molar-refractivity contribution in [2.45, 2.75) is 12.7 Å². The smallest absolute Gasteiger partial charge is 0.123 e. The van der Waals surface area contributed by atoms with Crippen molar-refractivity contribution < 1.29 is 14.6 Å². The minimum absolute atomic E-state index is 0.267. The molecular weight excluding hydrogens is 255 g/mol. The Balaban J connectivity index is 2.48. The van der Waals surface area contributed by atoms with Gasteiger partial charge in [-0.25, -0.2) is 4.39 Å². The molecule has 1 unspecified atom stereocenters. The largest absolute Gasteiger partial charge is 0.392 e. The molecule has 0 aliphatic rings. The van der Waals surface area contributed by atoms with Crippen LogP contribution in [0.1, 0.15) is 22.8 Å². The molecule has 1 atom stereocenters. The molecule has 2 nitrogen and oxygen atoms in total. The van der Waals surface area contributed by atoms with Crippen LogP contribution in [-0.4, -0.2) is 10.2 Å². The number of aliphatic hydroxyl groups is 2. The molecule has 2 aromatic carbocycles. The second-order valence-electron chi connectivity index (χ2n) is 3.93. The predicted octanol–water partition coefficient (Wildman–Crippen LogP) is 3.05. The maximum absolute atomic E-state index is 13.2. The van der Waals surface area contributed by atoms with Gasteiger partial charge in [0.15, 0.2) is 0 Å². The lowest BCUT2D eigenvalue weighted by molar-refractivity contribution is 0.212. The molecule has 0 radical (unpaired) electrons. The van der Waals surface area contributed by atoms with Gasteiger partial charge in [0.05, 0.1) is 6.61 Å². The molecule has 18 heavy (non-hydrogen) atoms. The van der Waals surface area contributed by atoms with E-state index in [0.29, 0.717) is 21.7 Å². The third kappa shape index (κ3) is 2.53. The van der Waals surface area contributed by atoms with Crippen LogP contribution in [-0.2, 0) is 6.61 Å². The van der Waals surface area contributed by atoms with E-state index < -0.39 is 11.9 Å². The minimum Gasteiger partial charge on any atom is -0.392 e. The summed E-state index contributed by atoms with van der Waals surface area (Å²) in [6.07, 6.45) is -1.06. The fourth-order valence-electron chi connectivity index (χ4n) is 1.83. The zero-order valence-corrected chi connectivity index (χ0v) is 10.2. The van der Waals surface area contributed by atoms with Gasteiger partial charge in [0, 0.05) is 10.6 Å². The Bertz CT molecular complexity index is 557. The lowest BCUT2D eigenvalue weighted by Crippen LogP contribution is -2.05. The summed E-state index contributed by atoms with van der Waals surface area (Å²) in [4.78, 5) is 0.